The first-order chi connectivity index (χ1) is 8.12. The second-order valence-electron chi connectivity index (χ2n) is 4.92. The highest BCUT2D eigenvalue weighted by atomic mass is 35.5. The Labute approximate surface area is 106 Å². The molecule has 1 fully saturated rings. The van der Waals surface area contributed by atoms with Gasteiger partial charge in [-0.3, -0.25) is 0 Å². The molecule has 3 rings (SSSR count). The molecule has 1 aliphatic carbocycles. The van der Waals surface area contributed by atoms with Gasteiger partial charge < -0.3 is 15.2 Å². The van der Waals surface area contributed by atoms with Gasteiger partial charge in [0.2, 0.25) is 0 Å². The lowest BCUT2D eigenvalue weighted by molar-refractivity contribution is 0.170. The minimum Gasteiger partial charge on any atom is -0.486 e. The summed E-state index contributed by atoms with van der Waals surface area (Å²) in [5.74, 6) is 1.40. The molecule has 0 amide bonds. The second kappa shape index (κ2) is 3.79. The number of rotatable bonds is 1. The van der Waals surface area contributed by atoms with Crippen LogP contribution in [0.5, 0.6) is 11.5 Å². The molecule has 3 nitrogen and oxygen atoms in total. The molecular weight excluding hydrogens is 238 g/mol. The molecule has 17 heavy (non-hydrogen) atoms. The predicted octanol–water partition coefficient (Wildman–Crippen LogP) is 2.76. The molecule has 0 spiro atoms. The summed E-state index contributed by atoms with van der Waals surface area (Å²) in [6.45, 7) is 3.16. The summed E-state index contributed by atoms with van der Waals surface area (Å²) in [7, 11) is 0. The van der Waals surface area contributed by atoms with Crippen LogP contribution in [0.2, 0.25) is 5.02 Å². The Morgan fingerprint density at radius 3 is 2.65 bits per heavy atom. The van der Waals surface area contributed by atoms with Crippen LogP contribution in [0.25, 0.3) is 0 Å². The monoisotopic (exact) mass is 253 g/mol. The largest absolute Gasteiger partial charge is 0.486 e. The van der Waals surface area contributed by atoms with Gasteiger partial charge in [-0.1, -0.05) is 11.6 Å². The molecule has 4 heteroatoms. The Balaban J connectivity index is 2.15. The molecule has 0 aromatic heterocycles. The number of hydrogen-bond acceptors (Lipinski definition) is 3. The van der Waals surface area contributed by atoms with E-state index in [-0.39, 0.29) is 5.54 Å². The van der Waals surface area contributed by atoms with Gasteiger partial charge in [-0.2, -0.15) is 0 Å². The molecule has 1 aliphatic heterocycles. The smallest absolute Gasteiger partial charge is 0.180 e. The Kier molecular flexibility index (Phi) is 2.49. The number of nitrogens with two attached hydrogens (primary N) is 1. The van der Waals surface area contributed by atoms with Gasteiger partial charge in [0.25, 0.3) is 0 Å². The van der Waals surface area contributed by atoms with Crippen LogP contribution in [0.1, 0.15) is 30.4 Å². The van der Waals surface area contributed by atoms with Crippen molar-refractivity contribution in [2.45, 2.75) is 31.7 Å². The minimum absolute atomic E-state index is 0.267. The number of aryl methyl sites for hydroxylation is 1. The van der Waals surface area contributed by atoms with E-state index in [2.05, 4.69) is 0 Å². The topological polar surface area (TPSA) is 44.5 Å². The highest BCUT2D eigenvalue weighted by molar-refractivity contribution is 6.33. The molecule has 92 valence electrons. The third kappa shape index (κ3) is 1.60. The SMILES string of the molecule is Cc1cc2c(c(Cl)c1C1(N)CCC1)OCCO2. The molecular formula is C13H16ClNO2. The van der Waals surface area contributed by atoms with Crippen molar-refractivity contribution in [2.24, 2.45) is 5.73 Å². The van der Waals surface area contributed by atoms with Crippen molar-refractivity contribution in [2.75, 3.05) is 13.2 Å². The first-order valence-corrected chi connectivity index (χ1v) is 6.38. The van der Waals surface area contributed by atoms with E-state index in [1.807, 2.05) is 13.0 Å². The molecule has 0 radical (unpaired) electrons. The molecule has 0 atom stereocenters. The average molecular weight is 254 g/mol. The van der Waals surface area contributed by atoms with E-state index in [0.717, 1.165) is 29.7 Å². The predicted molar refractivity (Wildman–Crippen MR) is 66.9 cm³/mol. The maximum Gasteiger partial charge on any atom is 0.180 e. The number of hydrogen-bond donors (Lipinski definition) is 1. The van der Waals surface area contributed by atoms with Gasteiger partial charge in [0.1, 0.15) is 13.2 Å². The fourth-order valence-electron chi connectivity index (χ4n) is 2.69. The maximum atomic E-state index is 6.44. The summed E-state index contributed by atoms with van der Waals surface area (Å²) in [6, 6.07) is 1.99. The van der Waals surface area contributed by atoms with Crippen molar-refractivity contribution >= 4 is 11.6 Å². The van der Waals surface area contributed by atoms with E-state index in [1.165, 1.54) is 6.42 Å². The summed E-state index contributed by atoms with van der Waals surface area (Å²) >= 11 is 6.44. The second-order valence-corrected chi connectivity index (χ2v) is 5.29. The van der Waals surface area contributed by atoms with E-state index in [4.69, 9.17) is 26.8 Å². The van der Waals surface area contributed by atoms with Gasteiger partial charge in [-0.25, -0.2) is 0 Å². The fourth-order valence-corrected chi connectivity index (χ4v) is 3.17. The van der Waals surface area contributed by atoms with Crippen molar-refractivity contribution in [1.29, 1.82) is 0 Å². The summed E-state index contributed by atoms with van der Waals surface area (Å²) in [5.41, 5.74) is 8.25. The zero-order chi connectivity index (χ0) is 12.0. The molecule has 2 N–H and O–H groups in total. The molecule has 1 heterocycles. The number of fused-ring (bicyclic) bond motifs is 1. The van der Waals surface area contributed by atoms with Crippen LogP contribution in [-0.4, -0.2) is 13.2 Å². The third-order valence-electron chi connectivity index (χ3n) is 3.72. The zero-order valence-electron chi connectivity index (χ0n) is 9.88. The van der Waals surface area contributed by atoms with Crippen molar-refractivity contribution < 1.29 is 9.47 Å². The average Bonchev–Trinajstić information content (AvgIpc) is 2.26. The molecule has 0 saturated heterocycles. The zero-order valence-corrected chi connectivity index (χ0v) is 10.6. The van der Waals surface area contributed by atoms with Crippen LogP contribution in [-0.2, 0) is 5.54 Å². The van der Waals surface area contributed by atoms with Gasteiger partial charge in [0.05, 0.1) is 5.02 Å². The van der Waals surface area contributed by atoms with Gasteiger partial charge >= 0.3 is 0 Å². The lowest BCUT2D eigenvalue weighted by Crippen LogP contribution is -2.44. The fraction of sp³-hybridized carbons (Fsp3) is 0.538. The Bertz CT molecular complexity index is 469. The standard InChI is InChI=1S/C13H16ClNO2/c1-8-7-9-12(17-6-5-16-9)11(14)10(8)13(15)3-2-4-13/h7H,2-6,15H2,1H3. The summed E-state index contributed by atoms with van der Waals surface area (Å²) < 4.78 is 11.2. The molecule has 1 aromatic carbocycles. The maximum absolute atomic E-state index is 6.44. The van der Waals surface area contributed by atoms with Crippen molar-refractivity contribution in [1.82, 2.24) is 0 Å². The molecule has 0 unspecified atom stereocenters. The quantitative estimate of drug-likeness (QED) is 0.837. The molecule has 1 aromatic rings. The highest BCUT2D eigenvalue weighted by Gasteiger charge is 2.39. The Hall–Kier alpha value is -0.930. The van der Waals surface area contributed by atoms with Crippen LogP contribution >= 0.6 is 11.6 Å². The van der Waals surface area contributed by atoms with Crippen LogP contribution in [0.15, 0.2) is 6.07 Å². The van der Waals surface area contributed by atoms with Crippen molar-refractivity contribution in [3.05, 3.63) is 22.2 Å². The number of halogens is 1. The lowest BCUT2D eigenvalue weighted by Gasteiger charge is -2.41. The molecule has 1 saturated carbocycles. The van der Waals surface area contributed by atoms with Gasteiger partial charge in [0, 0.05) is 5.54 Å². The Morgan fingerprint density at radius 2 is 2.00 bits per heavy atom. The first kappa shape index (κ1) is 11.2. The van der Waals surface area contributed by atoms with Gasteiger partial charge in [-0.15, -0.1) is 0 Å². The van der Waals surface area contributed by atoms with E-state index < -0.39 is 0 Å². The summed E-state index contributed by atoms with van der Waals surface area (Å²) in [5, 5.41) is 0.641. The van der Waals surface area contributed by atoms with Crippen LogP contribution in [0.4, 0.5) is 0 Å². The number of ether oxygens (including phenoxy) is 2. The number of benzene rings is 1. The summed E-state index contributed by atoms with van der Waals surface area (Å²) in [4.78, 5) is 0. The van der Waals surface area contributed by atoms with E-state index in [1.54, 1.807) is 0 Å². The van der Waals surface area contributed by atoms with Gasteiger partial charge in [-0.05, 0) is 43.4 Å². The lowest BCUT2D eigenvalue weighted by atomic mass is 9.71. The van der Waals surface area contributed by atoms with Crippen molar-refractivity contribution in [3.63, 3.8) is 0 Å². The van der Waals surface area contributed by atoms with Crippen LogP contribution < -0.4 is 15.2 Å². The van der Waals surface area contributed by atoms with E-state index >= 15 is 0 Å². The van der Waals surface area contributed by atoms with Crippen LogP contribution in [0.3, 0.4) is 0 Å². The normalized spacial score (nSPS) is 20.9. The van der Waals surface area contributed by atoms with Crippen molar-refractivity contribution in [3.8, 4) is 11.5 Å². The first-order valence-electron chi connectivity index (χ1n) is 6.00. The Morgan fingerprint density at radius 1 is 1.29 bits per heavy atom. The highest BCUT2D eigenvalue weighted by Crippen LogP contribution is 2.49. The van der Waals surface area contributed by atoms with Crippen LogP contribution in [0, 0.1) is 6.92 Å². The summed E-state index contributed by atoms with van der Waals surface area (Å²) in [6.07, 6.45) is 3.15. The van der Waals surface area contributed by atoms with E-state index in [9.17, 15) is 0 Å². The molecule has 0 bridgehead atoms. The minimum atomic E-state index is -0.267. The molecule has 2 aliphatic rings. The third-order valence-corrected chi connectivity index (χ3v) is 4.08. The van der Waals surface area contributed by atoms with E-state index in [0.29, 0.717) is 24.0 Å². The van der Waals surface area contributed by atoms with Gasteiger partial charge in [0.15, 0.2) is 11.5 Å².